The zero-order valence-electron chi connectivity index (χ0n) is 14.8. The van der Waals surface area contributed by atoms with E-state index in [-0.39, 0.29) is 12.0 Å². The molecule has 1 aliphatic rings. The van der Waals surface area contributed by atoms with Crippen molar-refractivity contribution < 1.29 is 9.53 Å². The second-order valence-electron chi connectivity index (χ2n) is 7.20. The predicted molar refractivity (Wildman–Crippen MR) is 95.3 cm³/mol. The highest BCUT2D eigenvalue weighted by molar-refractivity contribution is 6.29. The number of hydrogen-bond donors (Lipinski definition) is 1. The molecule has 1 fully saturated rings. The van der Waals surface area contributed by atoms with Crippen LogP contribution < -0.4 is 10.6 Å². The molecule has 0 bridgehead atoms. The maximum absolute atomic E-state index is 12.0. The van der Waals surface area contributed by atoms with Crippen LogP contribution in [-0.2, 0) is 4.74 Å². The third-order valence-electron chi connectivity index (χ3n) is 3.87. The van der Waals surface area contributed by atoms with Gasteiger partial charge in [-0.05, 0) is 39.5 Å². The molecule has 8 heteroatoms. The van der Waals surface area contributed by atoms with Gasteiger partial charge in [0.05, 0.1) is 0 Å². The van der Waals surface area contributed by atoms with Crippen LogP contribution in [0.2, 0.25) is 5.15 Å². The van der Waals surface area contributed by atoms with Crippen molar-refractivity contribution in [1.29, 1.82) is 0 Å². The molecule has 0 radical (unpaired) electrons. The van der Waals surface area contributed by atoms with Crippen molar-refractivity contribution in [2.75, 3.05) is 37.3 Å². The van der Waals surface area contributed by atoms with E-state index < -0.39 is 5.60 Å². The number of anilines is 2. The average molecular weight is 356 g/mol. The first kappa shape index (κ1) is 18.6. The number of nitrogen functional groups attached to an aromatic ring is 1. The minimum Gasteiger partial charge on any atom is -0.444 e. The molecule has 7 nitrogen and oxygen atoms in total. The van der Waals surface area contributed by atoms with Gasteiger partial charge in [0.1, 0.15) is 16.6 Å². The van der Waals surface area contributed by atoms with E-state index in [0.717, 1.165) is 31.7 Å². The quantitative estimate of drug-likeness (QED) is 0.839. The molecule has 1 aliphatic heterocycles. The van der Waals surface area contributed by atoms with Gasteiger partial charge in [-0.1, -0.05) is 11.6 Å². The fraction of sp³-hybridized carbons (Fsp3) is 0.688. The topological polar surface area (TPSA) is 84.6 Å². The van der Waals surface area contributed by atoms with Crippen LogP contribution in [0.5, 0.6) is 0 Å². The summed E-state index contributed by atoms with van der Waals surface area (Å²) in [6, 6.07) is 1.73. The van der Waals surface area contributed by atoms with Crippen LogP contribution >= 0.6 is 11.6 Å². The van der Waals surface area contributed by atoms with Crippen LogP contribution in [0.4, 0.5) is 16.6 Å². The van der Waals surface area contributed by atoms with Crippen molar-refractivity contribution >= 4 is 29.5 Å². The van der Waals surface area contributed by atoms with E-state index >= 15 is 0 Å². The number of ether oxygens (including phenoxy) is 1. The first-order valence-corrected chi connectivity index (χ1v) is 8.51. The fourth-order valence-corrected chi connectivity index (χ4v) is 2.92. The van der Waals surface area contributed by atoms with Crippen LogP contribution in [0.15, 0.2) is 6.07 Å². The molecule has 0 atom stereocenters. The molecule has 2 heterocycles. The summed E-state index contributed by atoms with van der Waals surface area (Å²) in [5.74, 6) is 1.38. The first-order chi connectivity index (χ1) is 11.1. The smallest absolute Gasteiger partial charge is 0.410 e. The minimum absolute atomic E-state index is 0.185. The molecule has 0 spiro atoms. The summed E-state index contributed by atoms with van der Waals surface area (Å²) in [5.41, 5.74) is 5.18. The number of amides is 1. The normalized spacial score (nSPS) is 16.1. The molecule has 0 aliphatic carbocycles. The first-order valence-electron chi connectivity index (χ1n) is 8.13. The van der Waals surface area contributed by atoms with Crippen LogP contribution in [0.3, 0.4) is 0 Å². The number of nitrogens with two attached hydrogens (primary N) is 1. The Morgan fingerprint density at radius 3 is 2.58 bits per heavy atom. The van der Waals surface area contributed by atoms with Crippen molar-refractivity contribution in [3.63, 3.8) is 0 Å². The third-order valence-corrected chi connectivity index (χ3v) is 4.07. The van der Waals surface area contributed by atoms with Gasteiger partial charge in [0.25, 0.3) is 0 Å². The molecule has 2 N–H and O–H groups in total. The van der Waals surface area contributed by atoms with Gasteiger partial charge in [-0.15, -0.1) is 0 Å². The highest BCUT2D eigenvalue weighted by Crippen LogP contribution is 2.24. The maximum atomic E-state index is 12.0. The Balaban J connectivity index is 1.85. The largest absolute Gasteiger partial charge is 0.444 e. The van der Waals surface area contributed by atoms with Crippen molar-refractivity contribution in [2.45, 2.75) is 39.2 Å². The van der Waals surface area contributed by atoms with Gasteiger partial charge in [-0.3, -0.25) is 0 Å². The second-order valence-corrected chi connectivity index (χ2v) is 7.59. The van der Waals surface area contributed by atoms with E-state index in [1.165, 1.54) is 0 Å². The van der Waals surface area contributed by atoms with Crippen molar-refractivity contribution in [3.8, 4) is 0 Å². The molecule has 134 valence electrons. The molecule has 0 aromatic carbocycles. The molecular weight excluding hydrogens is 330 g/mol. The lowest BCUT2D eigenvalue weighted by Gasteiger charge is -2.35. The predicted octanol–water partition coefficient (Wildman–Crippen LogP) is 2.80. The fourth-order valence-electron chi connectivity index (χ4n) is 2.73. The van der Waals surface area contributed by atoms with Gasteiger partial charge in [-0.2, -0.15) is 4.98 Å². The van der Waals surface area contributed by atoms with E-state index in [9.17, 15) is 4.79 Å². The Morgan fingerprint density at radius 2 is 2.04 bits per heavy atom. The summed E-state index contributed by atoms with van der Waals surface area (Å²) in [6.45, 7) is 8.00. The van der Waals surface area contributed by atoms with Crippen molar-refractivity contribution in [1.82, 2.24) is 14.9 Å². The van der Waals surface area contributed by atoms with Gasteiger partial charge in [0.2, 0.25) is 5.95 Å². The number of piperidine rings is 1. The number of carbonyl (C=O) groups is 1. The molecule has 1 amide bonds. The van der Waals surface area contributed by atoms with E-state index in [0.29, 0.717) is 17.6 Å². The van der Waals surface area contributed by atoms with E-state index in [2.05, 4.69) is 14.9 Å². The van der Waals surface area contributed by atoms with Crippen LogP contribution in [0, 0.1) is 5.92 Å². The zero-order chi connectivity index (χ0) is 17.9. The summed E-state index contributed by atoms with van der Waals surface area (Å²) < 4.78 is 5.39. The summed E-state index contributed by atoms with van der Waals surface area (Å²) in [7, 11) is 1.78. The zero-order valence-corrected chi connectivity index (χ0v) is 15.5. The lowest BCUT2D eigenvalue weighted by atomic mass is 9.96. The Morgan fingerprint density at radius 1 is 1.42 bits per heavy atom. The summed E-state index contributed by atoms with van der Waals surface area (Å²) >= 11 is 5.94. The second kappa shape index (κ2) is 7.42. The average Bonchev–Trinajstić information content (AvgIpc) is 2.45. The molecular formula is C16H26ClN5O2. The number of hydrogen-bond acceptors (Lipinski definition) is 6. The molecule has 24 heavy (non-hydrogen) atoms. The summed E-state index contributed by atoms with van der Waals surface area (Å²) in [5, 5.41) is 0.351. The molecule has 1 saturated heterocycles. The van der Waals surface area contributed by atoms with Gasteiger partial charge in [0.15, 0.2) is 0 Å². The number of halogens is 1. The summed E-state index contributed by atoms with van der Waals surface area (Å²) in [4.78, 5) is 24.0. The highest BCUT2D eigenvalue weighted by atomic mass is 35.5. The minimum atomic E-state index is -0.471. The summed E-state index contributed by atoms with van der Waals surface area (Å²) in [6.07, 6.45) is 1.66. The lowest BCUT2D eigenvalue weighted by molar-refractivity contribution is 0.0266. The van der Waals surface area contributed by atoms with Gasteiger partial charge < -0.3 is 20.3 Å². The van der Waals surface area contributed by atoms with Crippen LogP contribution in [0.1, 0.15) is 33.6 Å². The van der Waals surface area contributed by atoms with E-state index in [1.807, 2.05) is 20.8 Å². The monoisotopic (exact) mass is 355 g/mol. The number of aromatic nitrogens is 2. The maximum Gasteiger partial charge on any atom is 0.410 e. The Labute approximate surface area is 148 Å². The van der Waals surface area contributed by atoms with Gasteiger partial charge in [-0.25, -0.2) is 9.78 Å². The Kier molecular flexibility index (Phi) is 5.74. The Bertz CT molecular complexity index is 562. The third kappa shape index (κ3) is 5.40. The van der Waals surface area contributed by atoms with Gasteiger partial charge >= 0.3 is 6.09 Å². The number of rotatable bonds is 3. The molecule has 0 saturated carbocycles. The molecule has 1 aromatic rings. The van der Waals surface area contributed by atoms with Crippen LogP contribution in [0.25, 0.3) is 0 Å². The van der Waals surface area contributed by atoms with Gasteiger partial charge in [0, 0.05) is 32.7 Å². The number of nitrogens with zero attached hydrogens (tertiary/aromatic N) is 4. The number of carbonyl (C=O) groups excluding carboxylic acids is 1. The lowest BCUT2D eigenvalue weighted by Crippen LogP contribution is -2.41. The standard InChI is InChI=1S/C16H26ClN5O2/c1-16(2,3)24-15(23)21(4)10-11-5-7-22(8-6-11)13-9-12(17)19-14(18)20-13/h9,11H,5-8,10H2,1-4H3,(H2,18,19,20). The molecule has 1 aromatic heterocycles. The molecule has 2 rings (SSSR count). The van der Waals surface area contributed by atoms with E-state index in [4.69, 9.17) is 22.1 Å². The highest BCUT2D eigenvalue weighted by Gasteiger charge is 2.25. The SMILES string of the molecule is CN(CC1CCN(c2cc(Cl)nc(N)n2)CC1)C(=O)OC(C)(C)C. The van der Waals surface area contributed by atoms with Crippen LogP contribution in [-0.4, -0.2) is 53.2 Å². The Hall–Kier alpha value is -1.76. The van der Waals surface area contributed by atoms with Crippen molar-refractivity contribution in [2.24, 2.45) is 5.92 Å². The van der Waals surface area contributed by atoms with E-state index in [1.54, 1.807) is 18.0 Å². The van der Waals surface area contributed by atoms with Crippen molar-refractivity contribution in [3.05, 3.63) is 11.2 Å². The molecule has 0 unspecified atom stereocenters.